The third kappa shape index (κ3) is 4.57. The highest BCUT2D eigenvalue weighted by Crippen LogP contribution is 2.25. The van der Waals surface area contributed by atoms with Crippen LogP contribution in [0.5, 0.6) is 5.75 Å². The first-order chi connectivity index (χ1) is 11.3. The molecule has 0 bridgehead atoms. The summed E-state index contributed by atoms with van der Waals surface area (Å²) < 4.78 is 58.0. The van der Waals surface area contributed by atoms with Gasteiger partial charge in [-0.3, -0.25) is 9.69 Å². The standard InChI is InChI=1S/C15H19F4N3O2/c1-24-12-3-2-10(16)8-11(12)14(23)21-9-13(15(17,18)19)22-6-4-20-5-7-22/h2-3,8,13,20H,4-7,9H2,1H3,(H,21,23). The van der Waals surface area contributed by atoms with Crippen LogP contribution in [-0.4, -0.2) is 62.9 Å². The van der Waals surface area contributed by atoms with Crippen LogP contribution in [0, 0.1) is 5.82 Å². The average molecular weight is 349 g/mol. The SMILES string of the molecule is COc1ccc(F)cc1C(=O)NCC(N1CCNCC1)C(F)(F)F. The second-order valence-corrected chi connectivity index (χ2v) is 5.40. The predicted octanol–water partition coefficient (Wildman–Crippen LogP) is 1.40. The number of nitrogens with one attached hydrogen (secondary N) is 2. The number of hydrogen-bond acceptors (Lipinski definition) is 4. The molecule has 1 fully saturated rings. The van der Waals surface area contributed by atoms with E-state index in [9.17, 15) is 22.4 Å². The van der Waals surface area contributed by atoms with Gasteiger partial charge >= 0.3 is 6.18 Å². The number of carbonyl (C=O) groups is 1. The summed E-state index contributed by atoms with van der Waals surface area (Å²) in [6.45, 7) is 0.783. The van der Waals surface area contributed by atoms with Gasteiger partial charge in [0, 0.05) is 32.7 Å². The van der Waals surface area contributed by atoms with Gasteiger partial charge in [0.25, 0.3) is 5.91 Å². The zero-order chi connectivity index (χ0) is 17.7. The maximum Gasteiger partial charge on any atom is 0.405 e. The van der Waals surface area contributed by atoms with Crippen molar-refractivity contribution >= 4 is 5.91 Å². The number of amides is 1. The van der Waals surface area contributed by atoms with Crippen LogP contribution in [0.15, 0.2) is 18.2 Å². The lowest BCUT2D eigenvalue weighted by Crippen LogP contribution is -2.57. The lowest BCUT2D eigenvalue weighted by Gasteiger charge is -2.35. The van der Waals surface area contributed by atoms with Crippen molar-refractivity contribution in [1.29, 1.82) is 0 Å². The Labute approximate surface area is 137 Å². The van der Waals surface area contributed by atoms with E-state index in [4.69, 9.17) is 4.74 Å². The van der Waals surface area contributed by atoms with Gasteiger partial charge in [-0.05, 0) is 18.2 Å². The van der Waals surface area contributed by atoms with Gasteiger partial charge in [0.15, 0.2) is 0 Å². The first-order valence-corrected chi connectivity index (χ1v) is 7.46. The number of rotatable bonds is 5. The van der Waals surface area contributed by atoms with E-state index in [1.807, 2.05) is 0 Å². The fourth-order valence-corrected chi connectivity index (χ4v) is 2.59. The van der Waals surface area contributed by atoms with Crippen LogP contribution in [0.1, 0.15) is 10.4 Å². The molecule has 1 heterocycles. The quantitative estimate of drug-likeness (QED) is 0.789. The summed E-state index contributed by atoms with van der Waals surface area (Å²) in [7, 11) is 1.29. The summed E-state index contributed by atoms with van der Waals surface area (Å²) >= 11 is 0. The molecule has 0 radical (unpaired) electrons. The van der Waals surface area contributed by atoms with Gasteiger partial charge in [0.1, 0.15) is 17.6 Å². The molecule has 1 amide bonds. The molecule has 1 aliphatic rings. The van der Waals surface area contributed by atoms with Gasteiger partial charge in [-0.2, -0.15) is 13.2 Å². The van der Waals surface area contributed by atoms with Crippen LogP contribution in [0.2, 0.25) is 0 Å². The van der Waals surface area contributed by atoms with Gasteiger partial charge in [-0.15, -0.1) is 0 Å². The number of methoxy groups -OCH3 is 1. The number of hydrogen-bond donors (Lipinski definition) is 2. The minimum Gasteiger partial charge on any atom is -0.496 e. The lowest BCUT2D eigenvalue weighted by molar-refractivity contribution is -0.183. The number of nitrogens with zero attached hydrogens (tertiary/aromatic N) is 1. The van der Waals surface area contributed by atoms with Crippen LogP contribution in [0.25, 0.3) is 0 Å². The topological polar surface area (TPSA) is 53.6 Å². The first-order valence-electron chi connectivity index (χ1n) is 7.46. The van der Waals surface area contributed by atoms with Gasteiger partial charge in [-0.1, -0.05) is 0 Å². The number of alkyl halides is 3. The van der Waals surface area contributed by atoms with Crippen molar-refractivity contribution in [3.05, 3.63) is 29.6 Å². The Morgan fingerprint density at radius 3 is 2.62 bits per heavy atom. The molecule has 0 aromatic heterocycles. The molecular formula is C15H19F4N3O2. The van der Waals surface area contributed by atoms with E-state index in [1.54, 1.807) is 0 Å². The molecule has 24 heavy (non-hydrogen) atoms. The molecule has 134 valence electrons. The van der Waals surface area contributed by atoms with Gasteiger partial charge < -0.3 is 15.4 Å². The lowest BCUT2D eigenvalue weighted by atomic mass is 10.1. The smallest absolute Gasteiger partial charge is 0.405 e. The molecule has 1 unspecified atom stereocenters. The summed E-state index contributed by atoms with van der Waals surface area (Å²) in [5, 5.41) is 5.22. The van der Waals surface area contributed by atoms with Crippen LogP contribution in [-0.2, 0) is 0 Å². The van der Waals surface area contributed by atoms with Crippen molar-refractivity contribution in [3.63, 3.8) is 0 Å². The molecule has 1 aromatic rings. The zero-order valence-corrected chi connectivity index (χ0v) is 13.1. The van der Waals surface area contributed by atoms with Crippen molar-refractivity contribution < 1.29 is 27.1 Å². The minimum atomic E-state index is -4.48. The highest BCUT2D eigenvalue weighted by atomic mass is 19.4. The summed E-state index contributed by atoms with van der Waals surface area (Å²) in [6, 6.07) is 1.50. The van der Waals surface area contributed by atoms with E-state index in [0.29, 0.717) is 13.1 Å². The molecule has 1 saturated heterocycles. The molecule has 2 rings (SSSR count). The summed E-state index contributed by atoms with van der Waals surface area (Å²) in [4.78, 5) is 13.4. The van der Waals surface area contributed by atoms with E-state index < -0.39 is 30.5 Å². The third-order valence-electron chi connectivity index (χ3n) is 3.83. The van der Waals surface area contributed by atoms with Crippen LogP contribution in [0.4, 0.5) is 17.6 Å². The summed E-state index contributed by atoms with van der Waals surface area (Å²) in [5.41, 5.74) is -0.140. The predicted molar refractivity (Wildman–Crippen MR) is 79.6 cm³/mol. The molecule has 1 atom stereocenters. The number of ether oxygens (including phenoxy) is 1. The molecule has 1 aromatic carbocycles. The Hall–Kier alpha value is -1.87. The van der Waals surface area contributed by atoms with E-state index in [1.165, 1.54) is 18.1 Å². The number of piperazine rings is 1. The van der Waals surface area contributed by atoms with Gasteiger partial charge in [0.05, 0.1) is 12.7 Å². The second-order valence-electron chi connectivity index (χ2n) is 5.40. The molecule has 1 aliphatic heterocycles. The highest BCUT2D eigenvalue weighted by molar-refractivity contribution is 5.96. The maximum atomic E-state index is 13.3. The molecule has 5 nitrogen and oxygen atoms in total. The first kappa shape index (κ1) is 18.5. The summed E-state index contributed by atoms with van der Waals surface area (Å²) in [6.07, 6.45) is -4.48. The zero-order valence-electron chi connectivity index (χ0n) is 13.1. The monoisotopic (exact) mass is 349 g/mol. The van der Waals surface area contributed by atoms with Crippen LogP contribution in [0.3, 0.4) is 0 Å². The van der Waals surface area contributed by atoms with Gasteiger partial charge in [-0.25, -0.2) is 4.39 Å². The Bertz CT molecular complexity index is 574. The number of carbonyl (C=O) groups excluding carboxylic acids is 1. The van der Waals surface area contributed by atoms with E-state index in [0.717, 1.165) is 12.1 Å². The van der Waals surface area contributed by atoms with Crippen molar-refractivity contribution in [2.45, 2.75) is 12.2 Å². The average Bonchev–Trinajstić information content (AvgIpc) is 2.54. The highest BCUT2D eigenvalue weighted by Gasteiger charge is 2.43. The van der Waals surface area contributed by atoms with Crippen molar-refractivity contribution in [1.82, 2.24) is 15.5 Å². The largest absolute Gasteiger partial charge is 0.496 e. The molecule has 0 saturated carbocycles. The van der Waals surface area contributed by atoms with E-state index in [-0.39, 0.29) is 24.4 Å². The Morgan fingerprint density at radius 2 is 2.04 bits per heavy atom. The van der Waals surface area contributed by atoms with Crippen LogP contribution < -0.4 is 15.4 Å². The summed E-state index contributed by atoms with van der Waals surface area (Å²) in [5.74, 6) is -1.38. The van der Waals surface area contributed by atoms with Crippen LogP contribution >= 0.6 is 0 Å². The second kappa shape index (κ2) is 7.80. The molecule has 0 spiro atoms. The fourth-order valence-electron chi connectivity index (χ4n) is 2.59. The van der Waals surface area contributed by atoms with Gasteiger partial charge in [0.2, 0.25) is 0 Å². The maximum absolute atomic E-state index is 13.3. The number of halogens is 4. The Balaban J connectivity index is 2.08. The Kier molecular flexibility index (Phi) is 6.00. The van der Waals surface area contributed by atoms with E-state index in [2.05, 4.69) is 10.6 Å². The minimum absolute atomic E-state index is 0.0969. The molecule has 2 N–H and O–H groups in total. The molecular weight excluding hydrogens is 330 g/mol. The number of benzene rings is 1. The Morgan fingerprint density at radius 1 is 1.38 bits per heavy atom. The normalized spacial score (nSPS) is 17.4. The fraction of sp³-hybridized carbons (Fsp3) is 0.533. The van der Waals surface area contributed by atoms with Crippen molar-refractivity contribution in [2.75, 3.05) is 39.8 Å². The van der Waals surface area contributed by atoms with E-state index >= 15 is 0 Å². The van der Waals surface area contributed by atoms with Crippen molar-refractivity contribution in [3.8, 4) is 5.75 Å². The molecule has 0 aliphatic carbocycles. The van der Waals surface area contributed by atoms with Crippen molar-refractivity contribution in [2.24, 2.45) is 0 Å². The third-order valence-corrected chi connectivity index (χ3v) is 3.83. The molecule has 9 heteroatoms.